The predicted molar refractivity (Wildman–Crippen MR) is 95.1 cm³/mol. The van der Waals surface area contributed by atoms with E-state index in [0.717, 1.165) is 36.8 Å². The van der Waals surface area contributed by atoms with E-state index in [1.165, 1.54) is 11.6 Å². The minimum absolute atomic E-state index is 0.270. The van der Waals surface area contributed by atoms with E-state index in [9.17, 15) is 19.5 Å². The smallest absolute Gasteiger partial charge is 0.322 e. The van der Waals surface area contributed by atoms with E-state index in [1.54, 1.807) is 12.3 Å². The lowest BCUT2D eigenvalue weighted by Crippen LogP contribution is -2.35. The van der Waals surface area contributed by atoms with Crippen LogP contribution in [-0.2, 0) is 11.8 Å². The second-order valence-electron chi connectivity index (χ2n) is 6.20. The Hall–Kier alpha value is -3.16. The molecule has 3 N–H and O–H groups in total. The van der Waals surface area contributed by atoms with Gasteiger partial charge in [-0.2, -0.15) is 0 Å². The number of carbonyl (C=O) groups is 2. The number of allylic oxidation sites excluding steroid dienone is 2. The Labute approximate surface area is 148 Å². The van der Waals surface area contributed by atoms with Gasteiger partial charge >= 0.3 is 5.97 Å². The Morgan fingerprint density at radius 3 is 2.77 bits per heavy atom. The maximum Gasteiger partial charge on any atom is 0.322 e. The summed E-state index contributed by atoms with van der Waals surface area (Å²) in [7, 11) is 1.46. The van der Waals surface area contributed by atoms with E-state index < -0.39 is 35.3 Å². The maximum absolute atomic E-state index is 12.5. The van der Waals surface area contributed by atoms with Gasteiger partial charge in [0.25, 0.3) is 11.5 Å². The molecule has 3 rings (SSSR count). The summed E-state index contributed by atoms with van der Waals surface area (Å²) in [6.45, 7) is -0.648. The van der Waals surface area contributed by atoms with Crippen LogP contribution < -0.4 is 10.9 Å². The van der Waals surface area contributed by atoms with E-state index in [4.69, 9.17) is 5.11 Å². The number of carboxylic acid groups (broad SMARTS) is 1. The summed E-state index contributed by atoms with van der Waals surface area (Å²) < 4.78 is 1.19. The van der Waals surface area contributed by atoms with Gasteiger partial charge in [-0.15, -0.1) is 0 Å². The molecule has 8 heteroatoms. The molecule has 2 aromatic heterocycles. The van der Waals surface area contributed by atoms with E-state index >= 15 is 0 Å². The molecule has 0 bridgehead atoms. The first-order chi connectivity index (χ1) is 12.4. The molecule has 0 unspecified atom stereocenters. The molecule has 0 spiro atoms. The second kappa shape index (κ2) is 6.99. The SMILES string of the molecule is Cn1c(=O)c(C(=O)NCC(=O)O)c(O)c2c(C3=CCCCC3)ccnc21. The lowest BCUT2D eigenvalue weighted by Gasteiger charge is -2.17. The minimum Gasteiger partial charge on any atom is -0.506 e. The molecular weight excluding hydrogens is 338 g/mol. The van der Waals surface area contributed by atoms with Crippen molar-refractivity contribution in [2.45, 2.75) is 25.7 Å². The number of pyridine rings is 2. The van der Waals surface area contributed by atoms with Crippen LogP contribution in [0, 0.1) is 0 Å². The van der Waals surface area contributed by atoms with Gasteiger partial charge in [0.1, 0.15) is 23.5 Å². The number of aryl methyl sites for hydroxylation is 1. The van der Waals surface area contributed by atoms with E-state index in [2.05, 4.69) is 16.4 Å². The van der Waals surface area contributed by atoms with Crippen molar-refractivity contribution in [3.8, 4) is 5.75 Å². The Kier molecular flexibility index (Phi) is 4.75. The Bertz CT molecular complexity index is 990. The first-order valence-electron chi connectivity index (χ1n) is 8.32. The molecule has 0 aromatic carbocycles. The average molecular weight is 357 g/mol. The molecule has 1 amide bonds. The third-order valence-corrected chi connectivity index (χ3v) is 4.50. The van der Waals surface area contributed by atoms with E-state index in [1.807, 2.05) is 0 Å². The molecule has 0 radical (unpaired) electrons. The highest BCUT2D eigenvalue weighted by atomic mass is 16.4. The number of carboxylic acids is 1. The molecule has 8 nitrogen and oxygen atoms in total. The van der Waals surface area contributed by atoms with Gasteiger partial charge in [-0.1, -0.05) is 6.08 Å². The van der Waals surface area contributed by atoms with Gasteiger partial charge in [-0.3, -0.25) is 19.0 Å². The van der Waals surface area contributed by atoms with Gasteiger partial charge in [-0.25, -0.2) is 4.98 Å². The van der Waals surface area contributed by atoms with Crippen LogP contribution in [0.1, 0.15) is 41.6 Å². The largest absolute Gasteiger partial charge is 0.506 e. The molecule has 2 heterocycles. The highest BCUT2D eigenvalue weighted by Crippen LogP contribution is 2.35. The van der Waals surface area contributed by atoms with Gasteiger partial charge in [0.15, 0.2) is 0 Å². The molecule has 1 aliphatic rings. The molecule has 0 fully saturated rings. The zero-order chi connectivity index (χ0) is 18.8. The van der Waals surface area contributed by atoms with Crippen LogP contribution in [0.15, 0.2) is 23.1 Å². The van der Waals surface area contributed by atoms with Crippen molar-refractivity contribution in [3.63, 3.8) is 0 Å². The first-order valence-corrected chi connectivity index (χ1v) is 8.32. The fourth-order valence-electron chi connectivity index (χ4n) is 3.23. The number of nitrogens with zero attached hydrogens (tertiary/aromatic N) is 2. The van der Waals surface area contributed by atoms with Gasteiger partial charge in [0.2, 0.25) is 0 Å². The van der Waals surface area contributed by atoms with Crippen LogP contribution in [-0.4, -0.2) is 38.2 Å². The van der Waals surface area contributed by atoms with Gasteiger partial charge in [-0.05, 0) is 42.9 Å². The number of aliphatic carboxylic acids is 1. The van der Waals surface area contributed by atoms with Crippen LogP contribution >= 0.6 is 0 Å². The zero-order valence-electron chi connectivity index (χ0n) is 14.3. The Morgan fingerprint density at radius 1 is 1.35 bits per heavy atom. The molecule has 0 atom stereocenters. The standard InChI is InChI=1S/C18H19N3O5/c1-21-16-13(11(7-8-19-16)10-5-3-2-4-6-10)15(24)14(18(21)26)17(25)20-9-12(22)23/h5,7-8,24H,2-4,6,9H2,1H3,(H,20,25)(H,22,23). The zero-order valence-corrected chi connectivity index (χ0v) is 14.3. The summed E-state index contributed by atoms with van der Waals surface area (Å²) in [5.41, 5.74) is 0.822. The minimum atomic E-state index is -1.25. The third kappa shape index (κ3) is 3.05. The number of hydrogen-bond donors (Lipinski definition) is 3. The summed E-state index contributed by atoms with van der Waals surface area (Å²) in [5, 5.41) is 21.9. The summed E-state index contributed by atoms with van der Waals surface area (Å²) in [6.07, 6.45) is 7.54. The van der Waals surface area contributed by atoms with Gasteiger partial charge in [0, 0.05) is 13.2 Å². The monoisotopic (exact) mass is 357 g/mol. The van der Waals surface area contributed by atoms with Crippen LogP contribution in [0.2, 0.25) is 0 Å². The molecular formula is C18H19N3O5. The Balaban J connectivity index is 2.24. The predicted octanol–water partition coefficient (Wildman–Crippen LogP) is 1.41. The molecule has 0 saturated carbocycles. The van der Waals surface area contributed by atoms with E-state index in [0.29, 0.717) is 5.39 Å². The molecule has 0 saturated heterocycles. The van der Waals surface area contributed by atoms with Crippen molar-refractivity contribution >= 4 is 28.5 Å². The number of carbonyl (C=O) groups excluding carboxylic acids is 1. The number of fused-ring (bicyclic) bond motifs is 1. The van der Waals surface area contributed by atoms with Crippen molar-refractivity contribution in [3.05, 3.63) is 39.8 Å². The second-order valence-corrected chi connectivity index (χ2v) is 6.20. The van der Waals surface area contributed by atoms with Gasteiger partial charge < -0.3 is 15.5 Å². The van der Waals surface area contributed by atoms with Crippen molar-refractivity contribution in [1.29, 1.82) is 0 Å². The van der Waals surface area contributed by atoms with Crippen molar-refractivity contribution in [2.75, 3.05) is 6.54 Å². The van der Waals surface area contributed by atoms with Crippen molar-refractivity contribution in [2.24, 2.45) is 7.05 Å². The van der Waals surface area contributed by atoms with Gasteiger partial charge in [0.05, 0.1) is 5.39 Å². The summed E-state index contributed by atoms with van der Waals surface area (Å²) in [6, 6.07) is 1.75. The number of amides is 1. The topological polar surface area (TPSA) is 122 Å². The quantitative estimate of drug-likeness (QED) is 0.761. The fourth-order valence-corrected chi connectivity index (χ4v) is 3.23. The van der Waals surface area contributed by atoms with Crippen LogP contribution in [0.4, 0.5) is 0 Å². The van der Waals surface area contributed by atoms with Crippen LogP contribution in [0.3, 0.4) is 0 Å². The number of aromatic nitrogens is 2. The number of aromatic hydroxyl groups is 1. The first kappa shape index (κ1) is 17.7. The highest BCUT2D eigenvalue weighted by molar-refractivity contribution is 6.05. The lowest BCUT2D eigenvalue weighted by atomic mass is 9.91. The Morgan fingerprint density at radius 2 is 2.12 bits per heavy atom. The van der Waals surface area contributed by atoms with Crippen LogP contribution in [0.5, 0.6) is 5.75 Å². The fraction of sp³-hybridized carbons (Fsp3) is 0.333. The van der Waals surface area contributed by atoms with Crippen LogP contribution in [0.25, 0.3) is 16.6 Å². The normalized spacial score (nSPS) is 14.1. The summed E-state index contributed by atoms with van der Waals surface area (Å²) in [4.78, 5) is 39.7. The number of rotatable bonds is 4. The molecule has 136 valence electrons. The highest BCUT2D eigenvalue weighted by Gasteiger charge is 2.24. The summed E-state index contributed by atoms with van der Waals surface area (Å²) in [5.74, 6) is -2.65. The molecule has 1 aliphatic carbocycles. The average Bonchev–Trinajstić information content (AvgIpc) is 2.64. The van der Waals surface area contributed by atoms with Crippen molar-refractivity contribution < 1.29 is 19.8 Å². The molecule has 2 aromatic rings. The maximum atomic E-state index is 12.5. The third-order valence-electron chi connectivity index (χ3n) is 4.50. The summed E-state index contributed by atoms with van der Waals surface area (Å²) >= 11 is 0. The molecule has 26 heavy (non-hydrogen) atoms. The number of nitrogens with one attached hydrogen (secondary N) is 1. The number of hydrogen-bond acceptors (Lipinski definition) is 5. The van der Waals surface area contributed by atoms with Crippen molar-refractivity contribution in [1.82, 2.24) is 14.9 Å². The molecule has 0 aliphatic heterocycles. The van der Waals surface area contributed by atoms with E-state index in [-0.39, 0.29) is 5.65 Å². The lowest BCUT2D eigenvalue weighted by molar-refractivity contribution is -0.135.